The number of nitrogens with zero attached hydrogens (tertiary/aromatic N) is 1. The molecule has 1 N–H and O–H groups in total. The first-order valence-corrected chi connectivity index (χ1v) is 9.48. The summed E-state index contributed by atoms with van der Waals surface area (Å²) in [5, 5.41) is 3.05. The van der Waals surface area contributed by atoms with Crippen molar-refractivity contribution in [2.24, 2.45) is 0 Å². The van der Waals surface area contributed by atoms with Crippen molar-refractivity contribution in [3.8, 4) is 11.5 Å². The maximum Gasteiger partial charge on any atom is 0.251 e. The molecule has 2 aliphatic heterocycles. The minimum absolute atomic E-state index is 0.113. The zero-order valence-electron chi connectivity index (χ0n) is 13.8. The molecule has 1 aromatic heterocycles. The number of nitrogens with one attached hydrogen (secondary N) is 1. The molecule has 0 bridgehead atoms. The van der Waals surface area contributed by atoms with Crippen molar-refractivity contribution >= 4 is 17.7 Å². The van der Waals surface area contributed by atoms with Crippen molar-refractivity contribution < 1.29 is 18.7 Å². The Hall–Kier alpha value is -2.12. The third-order valence-corrected chi connectivity index (χ3v) is 5.45. The van der Waals surface area contributed by atoms with Crippen LogP contribution in [0.1, 0.15) is 22.0 Å². The molecular weight excluding hydrogens is 340 g/mol. The molecule has 1 atom stereocenters. The van der Waals surface area contributed by atoms with Crippen LogP contribution in [0.3, 0.4) is 0 Å². The van der Waals surface area contributed by atoms with Gasteiger partial charge in [0.05, 0.1) is 18.6 Å². The molecule has 25 heavy (non-hydrogen) atoms. The van der Waals surface area contributed by atoms with Gasteiger partial charge in [-0.05, 0) is 24.3 Å². The summed E-state index contributed by atoms with van der Waals surface area (Å²) in [6.45, 7) is 2.77. The van der Waals surface area contributed by atoms with Gasteiger partial charge in [0.25, 0.3) is 5.91 Å². The van der Waals surface area contributed by atoms with Crippen LogP contribution < -0.4 is 14.8 Å². The first-order valence-electron chi connectivity index (χ1n) is 8.33. The van der Waals surface area contributed by atoms with Crippen molar-refractivity contribution in [1.82, 2.24) is 10.2 Å². The molecule has 0 spiro atoms. The van der Waals surface area contributed by atoms with Crippen LogP contribution in [0, 0.1) is 0 Å². The Morgan fingerprint density at radius 1 is 1.20 bits per heavy atom. The third kappa shape index (κ3) is 3.62. The maximum absolute atomic E-state index is 12.5. The highest BCUT2D eigenvalue weighted by Crippen LogP contribution is 2.32. The van der Waals surface area contributed by atoms with Gasteiger partial charge in [-0.3, -0.25) is 9.69 Å². The largest absolute Gasteiger partial charge is 0.472 e. The molecular formula is C18H20N2O4S. The Labute approximate surface area is 150 Å². The molecule has 1 aromatic carbocycles. The van der Waals surface area contributed by atoms with Crippen LogP contribution >= 0.6 is 11.8 Å². The predicted molar refractivity (Wildman–Crippen MR) is 95.2 cm³/mol. The summed E-state index contributed by atoms with van der Waals surface area (Å²) in [4.78, 5) is 15.0. The monoisotopic (exact) mass is 360 g/mol. The highest BCUT2D eigenvalue weighted by atomic mass is 32.2. The van der Waals surface area contributed by atoms with Gasteiger partial charge >= 0.3 is 0 Å². The fourth-order valence-corrected chi connectivity index (χ4v) is 4.07. The van der Waals surface area contributed by atoms with Crippen LogP contribution in [0.2, 0.25) is 0 Å². The summed E-state index contributed by atoms with van der Waals surface area (Å²) >= 11 is 1.97. The summed E-state index contributed by atoms with van der Waals surface area (Å²) in [7, 11) is 0. The quantitative estimate of drug-likeness (QED) is 0.884. The van der Waals surface area contributed by atoms with E-state index in [1.54, 1.807) is 30.7 Å². The summed E-state index contributed by atoms with van der Waals surface area (Å²) in [5.41, 5.74) is 1.67. The Bertz CT molecular complexity index is 729. The number of benzene rings is 1. The van der Waals surface area contributed by atoms with Gasteiger partial charge in [-0.1, -0.05) is 0 Å². The van der Waals surface area contributed by atoms with Gasteiger partial charge < -0.3 is 19.2 Å². The van der Waals surface area contributed by atoms with E-state index in [1.165, 1.54) is 0 Å². The maximum atomic E-state index is 12.5. The predicted octanol–water partition coefficient (Wildman–Crippen LogP) is 2.53. The molecule has 4 rings (SSSR count). The average molecular weight is 360 g/mol. The Morgan fingerprint density at radius 2 is 2.04 bits per heavy atom. The number of thioether (sulfide) groups is 1. The molecule has 1 amide bonds. The number of fused-ring (bicyclic) bond motifs is 1. The number of hydrogen-bond acceptors (Lipinski definition) is 6. The lowest BCUT2D eigenvalue weighted by molar-refractivity contribution is 0.0934. The fraction of sp³-hybridized carbons (Fsp3) is 0.389. The number of furan rings is 1. The minimum atomic E-state index is -0.113. The average Bonchev–Trinajstić information content (AvgIpc) is 3.34. The molecule has 0 radical (unpaired) electrons. The number of carbonyl (C=O) groups excluding carboxylic acids is 1. The van der Waals surface area contributed by atoms with Crippen molar-refractivity contribution in [3.05, 3.63) is 47.9 Å². The van der Waals surface area contributed by atoms with Gasteiger partial charge in [0.15, 0.2) is 11.5 Å². The standard InChI is InChI=1S/C18H20N2O4S/c21-18(13-1-2-16-17(9-13)24-12-23-16)19-10-15(14-3-6-22-11-14)20-4-7-25-8-5-20/h1-3,6,9,11,15H,4-5,7-8,10,12H2,(H,19,21)/t15-/m0/s1. The summed E-state index contributed by atoms with van der Waals surface area (Å²) < 4.78 is 15.9. The van der Waals surface area contributed by atoms with Gasteiger partial charge in [-0.2, -0.15) is 11.8 Å². The van der Waals surface area contributed by atoms with E-state index in [0.717, 1.165) is 30.2 Å². The van der Waals surface area contributed by atoms with Crippen LogP contribution in [0.25, 0.3) is 0 Å². The smallest absolute Gasteiger partial charge is 0.251 e. The molecule has 6 nitrogen and oxygen atoms in total. The van der Waals surface area contributed by atoms with Gasteiger partial charge in [-0.25, -0.2) is 0 Å². The molecule has 1 fully saturated rings. The van der Waals surface area contributed by atoms with E-state index in [-0.39, 0.29) is 18.7 Å². The SMILES string of the molecule is O=C(NC[C@@H](c1ccoc1)N1CCSCC1)c1ccc2c(c1)OCO2. The molecule has 3 heterocycles. The van der Waals surface area contributed by atoms with E-state index in [0.29, 0.717) is 23.6 Å². The highest BCUT2D eigenvalue weighted by Gasteiger charge is 2.24. The second-order valence-corrected chi connectivity index (χ2v) is 7.22. The van der Waals surface area contributed by atoms with Crippen LogP contribution in [-0.4, -0.2) is 48.7 Å². The number of hydrogen-bond donors (Lipinski definition) is 1. The van der Waals surface area contributed by atoms with E-state index in [4.69, 9.17) is 13.9 Å². The molecule has 0 saturated carbocycles. The third-order valence-electron chi connectivity index (χ3n) is 4.51. The highest BCUT2D eigenvalue weighted by molar-refractivity contribution is 7.99. The van der Waals surface area contributed by atoms with Crippen molar-refractivity contribution in [2.45, 2.75) is 6.04 Å². The lowest BCUT2D eigenvalue weighted by Crippen LogP contribution is -2.41. The van der Waals surface area contributed by atoms with Crippen LogP contribution in [0.5, 0.6) is 11.5 Å². The fourth-order valence-electron chi connectivity index (χ4n) is 3.14. The zero-order chi connectivity index (χ0) is 17.1. The molecule has 0 unspecified atom stereocenters. The summed E-state index contributed by atoms with van der Waals surface area (Å²) in [6, 6.07) is 7.35. The van der Waals surface area contributed by atoms with Crippen molar-refractivity contribution in [2.75, 3.05) is 37.9 Å². The van der Waals surface area contributed by atoms with Crippen molar-refractivity contribution in [3.63, 3.8) is 0 Å². The Kier molecular flexibility index (Phi) is 4.85. The molecule has 132 valence electrons. The van der Waals surface area contributed by atoms with Gasteiger partial charge in [0.2, 0.25) is 6.79 Å². The first-order chi connectivity index (χ1) is 12.3. The summed E-state index contributed by atoms with van der Waals surface area (Å²) in [6.07, 6.45) is 3.44. The zero-order valence-corrected chi connectivity index (χ0v) is 14.6. The number of rotatable bonds is 5. The van der Waals surface area contributed by atoms with Gasteiger partial charge in [0.1, 0.15) is 0 Å². The lowest BCUT2D eigenvalue weighted by Gasteiger charge is -2.34. The van der Waals surface area contributed by atoms with E-state index in [2.05, 4.69) is 10.2 Å². The van der Waals surface area contributed by atoms with Crippen LogP contribution in [-0.2, 0) is 0 Å². The lowest BCUT2D eigenvalue weighted by atomic mass is 10.1. The van der Waals surface area contributed by atoms with E-state index in [1.807, 2.05) is 17.8 Å². The van der Waals surface area contributed by atoms with E-state index >= 15 is 0 Å². The second-order valence-electron chi connectivity index (χ2n) is 6.00. The van der Waals surface area contributed by atoms with Crippen molar-refractivity contribution in [1.29, 1.82) is 0 Å². The number of ether oxygens (including phenoxy) is 2. The molecule has 2 aromatic rings. The Morgan fingerprint density at radius 3 is 2.84 bits per heavy atom. The second kappa shape index (κ2) is 7.41. The Balaban J connectivity index is 1.44. The topological polar surface area (TPSA) is 63.9 Å². The summed E-state index contributed by atoms with van der Waals surface area (Å²) in [5.74, 6) is 3.42. The number of carbonyl (C=O) groups is 1. The van der Waals surface area contributed by atoms with Gasteiger partial charge in [0, 0.05) is 42.3 Å². The molecule has 1 saturated heterocycles. The number of amides is 1. The first kappa shape index (κ1) is 16.4. The molecule has 0 aliphatic carbocycles. The molecule has 7 heteroatoms. The van der Waals surface area contributed by atoms with E-state index < -0.39 is 0 Å². The van der Waals surface area contributed by atoms with Crippen LogP contribution in [0.15, 0.2) is 41.2 Å². The minimum Gasteiger partial charge on any atom is -0.472 e. The normalized spacial score (nSPS) is 18.1. The van der Waals surface area contributed by atoms with Crippen LogP contribution in [0.4, 0.5) is 0 Å². The molecule has 2 aliphatic rings. The van der Waals surface area contributed by atoms with E-state index in [9.17, 15) is 4.79 Å². The van der Waals surface area contributed by atoms with Gasteiger partial charge in [-0.15, -0.1) is 0 Å².